The van der Waals surface area contributed by atoms with Crippen molar-refractivity contribution < 1.29 is 32.7 Å². The van der Waals surface area contributed by atoms with E-state index in [1.807, 2.05) is 79.7 Å². The average molecular weight is 648 g/mol. The number of carbonyl (C=O) groups is 2. The molecule has 10 heteroatoms. The number of nitrogens with zero attached hydrogens (tertiary/aromatic N) is 2. The predicted octanol–water partition coefficient (Wildman–Crippen LogP) is 6.23. The van der Waals surface area contributed by atoms with Gasteiger partial charge in [-0.2, -0.15) is 0 Å². The molecule has 0 saturated carbocycles. The number of epoxide rings is 1. The number of Topliss-reactive ketones (excluding diaryl/α,β-unsaturated/α-hetero) is 2. The highest BCUT2D eigenvalue weighted by Crippen LogP contribution is 2.63. The summed E-state index contributed by atoms with van der Waals surface area (Å²) in [4.78, 5) is 31.0. The third-order valence-corrected chi connectivity index (χ3v) is 10.7. The number of benzene rings is 3. The van der Waals surface area contributed by atoms with Crippen LogP contribution < -0.4 is 14.8 Å². The number of aromatic nitrogens is 1. The molecule has 5 aliphatic rings. The summed E-state index contributed by atoms with van der Waals surface area (Å²) < 4.78 is 41.1. The number of halogens is 1. The predicted molar refractivity (Wildman–Crippen MR) is 172 cm³/mol. The molecule has 1 N–H and O–H groups in total. The summed E-state index contributed by atoms with van der Waals surface area (Å²) >= 11 is 0. The second-order valence-corrected chi connectivity index (χ2v) is 13.6. The zero-order valence-corrected chi connectivity index (χ0v) is 26.7. The van der Waals surface area contributed by atoms with Gasteiger partial charge < -0.3 is 29.0 Å². The summed E-state index contributed by atoms with van der Waals surface area (Å²) in [6.07, 6.45) is 1.90. The second kappa shape index (κ2) is 10.8. The van der Waals surface area contributed by atoms with Gasteiger partial charge in [0, 0.05) is 41.6 Å². The molecular weight excluding hydrogens is 613 g/mol. The summed E-state index contributed by atoms with van der Waals surface area (Å²) in [7, 11) is 3.88. The van der Waals surface area contributed by atoms with Crippen LogP contribution in [-0.4, -0.2) is 47.9 Å². The number of fused-ring (bicyclic) bond motifs is 4. The highest BCUT2D eigenvalue weighted by Gasteiger charge is 2.72. The lowest BCUT2D eigenvalue weighted by Crippen LogP contribution is -2.44. The first-order valence-corrected chi connectivity index (χ1v) is 16.5. The van der Waals surface area contributed by atoms with Gasteiger partial charge in [0.25, 0.3) is 5.88 Å². The molecule has 3 heterocycles. The van der Waals surface area contributed by atoms with Gasteiger partial charge >= 0.3 is 0 Å². The molecule has 4 atom stereocenters. The van der Waals surface area contributed by atoms with Gasteiger partial charge in [-0.1, -0.05) is 60.7 Å². The number of rotatable bonds is 7. The van der Waals surface area contributed by atoms with E-state index in [9.17, 15) is 9.59 Å². The number of ketones is 2. The lowest BCUT2D eigenvalue weighted by atomic mass is 9.63. The van der Waals surface area contributed by atoms with E-state index in [0.29, 0.717) is 65.5 Å². The van der Waals surface area contributed by atoms with Gasteiger partial charge in [-0.05, 0) is 55.6 Å². The van der Waals surface area contributed by atoms with Crippen LogP contribution in [0.15, 0.2) is 76.5 Å². The Bertz CT molecular complexity index is 2020. The summed E-state index contributed by atoms with van der Waals surface area (Å²) in [5, 5.41) is 7.48. The summed E-state index contributed by atoms with van der Waals surface area (Å²) in [6, 6.07) is 19.1. The first-order valence-electron chi connectivity index (χ1n) is 16.5. The van der Waals surface area contributed by atoms with Crippen LogP contribution in [0, 0.1) is 17.7 Å². The smallest absolute Gasteiger partial charge is 0.265 e. The topological polar surface area (TPSA) is 106 Å². The maximum absolute atomic E-state index is 16.8. The van der Waals surface area contributed by atoms with E-state index in [4.69, 9.17) is 18.7 Å². The van der Waals surface area contributed by atoms with Crippen LogP contribution in [-0.2, 0) is 30.8 Å². The first-order chi connectivity index (χ1) is 23.4. The van der Waals surface area contributed by atoms with E-state index in [2.05, 4.69) is 10.5 Å². The molecule has 2 unspecified atom stereocenters. The molecule has 3 aromatic carbocycles. The molecule has 3 aliphatic carbocycles. The Balaban J connectivity index is 1.12. The highest BCUT2D eigenvalue weighted by molar-refractivity contribution is 6.18. The number of ether oxygens (including phenoxy) is 3. The molecule has 0 radical (unpaired) electrons. The summed E-state index contributed by atoms with van der Waals surface area (Å²) in [5.74, 6) is -0.250. The standard InChI is InChI=1S/C38H34FN3O6/c1-42(2)25-13-14-40-32-29(25)31(39)24-16-22-15-23-17-26-30(37(41-48-26)46-19-21-11-7-4-8-12-21)35(44)38(23)36(47-38)27(22)33(43)28(24)34(32)45-18-20-9-5-3-6-10-20/h3-12,22-23,25,40H,13-19H2,1-2H3/t22?,23-,25?,38+/m0/s1. The molecule has 48 heavy (non-hydrogen) atoms. The number of nitrogens with one attached hydrogen (secondary N) is 1. The molecule has 244 valence electrons. The minimum Gasteiger partial charge on any atom is -0.486 e. The van der Waals surface area contributed by atoms with Crippen molar-refractivity contribution in [3.63, 3.8) is 0 Å². The fourth-order valence-corrected chi connectivity index (χ4v) is 8.35. The molecule has 1 fully saturated rings. The summed E-state index contributed by atoms with van der Waals surface area (Å²) in [5.41, 5.74) is 2.95. The number of hydrogen-bond acceptors (Lipinski definition) is 9. The Morgan fingerprint density at radius 1 is 0.979 bits per heavy atom. The molecular formula is C38H34FN3O6. The van der Waals surface area contributed by atoms with E-state index in [1.165, 1.54) is 0 Å². The molecule has 1 aromatic heterocycles. The monoisotopic (exact) mass is 647 g/mol. The minimum atomic E-state index is -1.27. The van der Waals surface area contributed by atoms with Crippen molar-refractivity contribution in [3.8, 4) is 11.6 Å². The Morgan fingerprint density at radius 3 is 2.40 bits per heavy atom. The van der Waals surface area contributed by atoms with Gasteiger partial charge in [0.15, 0.2) is 23.1 Å². The SMILES string of the molecule is CN(C)C1CCNc2c(OCc3ccccc3)c3c(c(F)c21)CC1C[C@H]2Cc4onc(OCc5ccccc5)c4C(=O)[C@]24OC4=C1C3=O. The van der Waals surface area contributed by atoms with Crippen molar-refractivity contribution in [2.75, 3.05) is 26.0 Å². The van der Waals surface area contributed by atoms with Crippen molar-refractivity contribution in [2.24, 2.45) is 11.8 Å². The number of allylic oxidation sites excluding steroid dienone is 1. The normalized spacial score (nSPS) is 24.7. The molecule has 9 rings (SSSR count). The lowest BCUT2D eigenvalue weighted by molar-refractivity contribution is 0.0734. The van der Waals surface area contributed by atoms with E-state index in [0.717, 1.165) is 17.5 Å². The molecule has 9 nitrogen and oxygen atoms in total. The Kier molecular flexibility index (Phi) is 6.56. The van der Waals surface area contributed by atoms with Gasteiger partial charge in [0.1, 0.15) is 24.6 Å². The van der Waals surface area contributed by atoms with Crippen LogP contribution in [0.5, 0.6) is 11.6 Å². The molecule has 1 spiro atoms. The average Bonchev–Trinajstić information content (AvgIpc) is 3.73. The van der Waals surface area contributed by atoms with Gasteiger partial charge in [-0.25, -0.2) is 4.39 Å². The zero-order chi connectivity index (χ0) is 32.7. The van der Waals surface area contributed by atoms with Crippen molar-refractivity contribution in [2.45, 2.75) is 50.5 Å². The number of hydrogen-bond donors (Lipinski definition) is 1. The van der Waals surface area contributed by atoms with Crippen LogP contribution in [0.4, 0.5) is 10.1 Å². The fraction of sp³-hybridized carbons (Fsp3) is 0.342. The highest BCUT2D eigenvalue weighted by atomic mass is 19.1. The zero-order valence-electron chi connectivity index (χ0n) is 26.7. The molecule has 1 saturated heterocycles. The number of carbonyl (C=O) groups excluding carboxylic acids is 2. The largest absolute Gasteiger partial charge is 0.486 e. The maximum atomic E-state index is 16.8. The van der Waals surface area contributed by atoms with Gasteiger partial charge in [0.05, 0.1) is 11.3 Å². The van der Waals surface area contributed by atoms with Crippen LogP contribution in [0.3, 0.4) is 0 Å². The Labute approximate surface area is 276 Å². The first kappa shape index (κ1) is 29.2. The van der Waals surface area contributed by atoms with Crippen molar-refractivity contribution in [1.29, 1.82) is 0 Å². The Hall–Kier alpha value is -4.96. The summed E-state index contributed by atoms with van der Waals surface area (Å²) in [6.45, 7) is 1.05. The van der Waals surface area contributed by atoms with Gasteiger partial charge in [-0.3, -0.25) is 9.59 Å². The lowest BCUT2D eigenvalue weighted by Gasteiger charge is -2.38. The van der Waals surface area contributed by atoms with Crippen molar-refractivity contribution in [1.82, 2.24) is 10.1 Å². The quantitative estimate of drug-likeness (QED) is 0.234. The van der Waals surface area contributed by atoms with Crippen LogP contribution in [0.1, 0.15) is 67.6 Å². The van der Waals surface area contributed by atoms with Crippen molar-refractivity contribution >= 4 is 17.3 Å². The number of anilines is 1. The minimum absolute atomic E-state index is 0.126. The van der Waals surface area contributed by atoms with E-state index >= 15 is 4.39 Å². The van der Waals surface area contributed by atoms with Gasteiger partial charge in [0.2, 0.25) is 11.4 Å². The third kappa shape index (κ3) is 4.21. The second-order valence-electron chi connectivity index (χ2n) is 13.6. The van der Waals surface area contributed by atoms with Crippen LogP contribution in [0.25, 0.3) is 0 Å². The maximum Gasteiger partial charge on any atom is 0.265 e. The van der Waals surface area contributed by atoms with Gasteiger partial charge in [-0.15, -0.1) is 0 Å². The fourth-order valence-electron chi connectivity index (χ4n) is 8.35. The van der Waals surface area contributed by atoms with E-state index in [-0.39, 0.29) is 65.5 Å². The van der Waals surface area contributed by atoms with Crippen LogP contribution in [0.2, 0.25) is 0 Å². The third-order valence-electron chi connectivity index (χ3n) is 10.7. The molecule has 4 aromatic rings. The molecule has 0 amide bonds. The molecule has 0 bridgehead atoms. The Morgan fingerprint density at radius 2 is 1.69 bits per heavy atom. The van der Waals surface area contributed by atoms with Crippen molar-refractivity contribution in [3.05, 3.63) is 117 Å². The van der Waals surface area contributed by atoms with Crippen LogP contribution >= 0.6 is 0 Å². The van der Waals surface area contributed by atoms with E-state index < -0.39 is 5.60 Å². The molecule has 2 aliphatic heterocycles. The van der Waals surface area contributed by atoms with E-state index in [1.54, 1.807) is 0 Å².